The molecule has 4 atom stereocenters. The Morgan fingerprint density at radius 3 is 1.09 bits per heavy atom. The Labute approximate surface area is 269 Å². The highest BCUT2D eigenvalue weighted by Crippen LogP contribution is 2.43. The monoisotopic (exact) mass is 606 g/mol. The molecule has 0 radical (unpaired) electrons. The quantitative estimate of drug-likeness (QED) is 0.118. The molecule has 0 aromatic heterocycles. The summed E-state index contributed by atoms with van der Waals surface area (Å²) in [6, 6.07) is 9.59. The molecule has 4 heteroatoms. The molecule has 2 aliphatic rings. The normalized spacial score (nSPS) is 19.2. The number of benzene rings is 2. The summed E-state index contributed by atoms with van der Waals surface area (Å²) >= 11 is 0. The van der Waals surface area contributed by atoms with Crippen molar-refractivity contribution >= 4 is 0 Å². The van der Waals surface area contributed by atoms with Crippen molar-refractivity contribution < 1.29 is 18.9 Å². The first-order chi connectivity index (χ1) is 21.0. The maximum Gasteiger partial charge on any atom is 0.126 e. The van der Waals surface area contributed by atoms with Gasteiger partial charge in [0.2, 0.25) is 0 Å². The average Bonchev–Trinajstić information content (AvgIpc) is 3.91. The summed E-state index contributed by atoms with van der Waals surface area (Å²) in [5.41, 5.74) is 7.81. The summed E-state index contributed by atoms with van der Waals surface area (Å²) in [5.74, 6) is 5.02. The zero-order valence-corrected chi connectivity index (χ0v) is 29.6. The largest absolute Gasteiger partial charge is 0.493 e. The van der Waals surface area contributed by atoms with Crippen LogP contribution in [0.15, 0.2) is 24.3 Å². The highest BCUT2D eigenvalue weighted by molar-refractivity contribution is 5.72. The number of epoxide rings is 2. The minimum Gasteiger partial charge on any atom is -0.493 e. The molecule has 4 rings (SSSR count). The van der Waals surface area contributed by atoms with Gasteiger partial charge in [-0.15, -0.1) is 0 Å². The smallest absolute Gasteiger partial charge is 0.126 e. The minimum absolute atomic E-state index is 0.371. The van der Waals surface area contributed by atoms with E-state index in [1.807, 2.05) is 0 Å². The van der Waals surface area contributed by atoms with E-state index in [0.717, 1.165) is 50.8 Å². The van der Waals surface area contributed by atoms with E-state index >= 15 is 0 Å². The lowest BCUT2D eigenvalue weighted by Crippen LogP contribution is -2.11. The first kappa shape index (κ1) is 34.8. The zero-order valence-electron chi connectivity index (χ0n) is 29.6. The lowest BCUT2D eigenvalue weighted by atomic mass is 9.86. The van der Waals surface area contributed by atoms with Crippen molar-refractivity contribution in [3.8, 4) is 22.6 Å². The summed E-state index contributed by atoms with van der Waals surface area (Å²) < 4.78 is 24.5. The van der Waals surface area contributed by atoms with Gasteiger partial charge in [0.15, 0.2) is 0 Å². The van der Waals surface area contributed by atoms with Crippen LogP contribution in [0.1, 0.15) is 154 Å². The lowest BCUT2D eigenvalue weighted by Gasteiger charge is -2.25. The van der Waals surface area contributed by atoms with Crippen LogP contribution in [0.4, 0.5) is 0 Å². The molecule has 2 aromatic carbocycles. The van der Waals surface area contributed by atoms with E-state index in [2.05, 4.69) is 93.5 Å². The van der Waals surface area contributed by atoms with Gasteiger partial charge >= 0.3 is 0 Å². The molecule has 2 heterocycles. The standard InChI is InChI=1S/C40H62O4/c1-11-29(37-23-43-37)15-13-17-41-39-33(25(3)4)19-31(20-34(39)26(5)6)32-21-35(27(7)8)40(36(22-32)28(9)10)42-18-14-16-30(12-2)38-24-44-38/h19-22,25-30,37-38H,11-18,23-24H2,1-10H3. The molecule has 4 unspecified atom stereocenters. The number of hydrogen-bond acceptors (Lipinski definition) is 4. The second kappa shape index (κ2) is 16.0. The van der Waals surface area contributed by atoms with E-state index in [1.54, 1.807) is 0 Å². The molecule has 0 saturated carbocycles. The Kier molecular flexibility index (Phi) is 12.7. The molecule has 0 bridgehead atoms. The van der Waals surface area contributed by atoms with Gasteiger partial charge in [-0.3, -0.25) is 0 Å². The average molecular weight is 607 g/mol. The van der Waals surface area contributed by atoms with Crippen molar-refractivity contribution in [3.05, 3.63) is 46.5 Å². The van der Waals surface area contributed by atoms with E-state index in [4.69, 9.17) is 18.9 Å². The fourth-order valence-electron chi connectivity index (χ4n) is 6.73. The molecule has 2 aromatic rings. The Morgan fingerprint density at radius 2 is 0.864 bits per heavy atom. The number of ether oxygens (including phenoxy) is 4. The van der Waals surface area contributed by atoms with Crippen LogP contribution in [0.25, 0.3) is 11.1 Å². The third-order valence-electron chi connectivity index (χ3n) is 9.86. The van der Waals surface area contributed by atoms with E-state index in [1.165, 1.54) is 59.1 Å². The first-order valence-electron chi connectivity index (χ1n) is 17.9. The Hall–Kier alpha value is -2.04. The number of hydrogen-bond donors (Lipinski definition) is 0. The van der Waals surface area contributed by atoms with Crippen LogP contribution in [0.2, 0.25) is 0 Å². The topological polar surface area (TPSA) is 43.5 Å². The van der Waals surface area contributed by atoms with Gasteiger partial charge in [0.05, 0.1) is 38.6 Å². The van der Waals surface area contributed by atoms with Crippen molar-refractivity contribution in [1.29, 1.82) is 0 Å². The summed E-state index contributed by atoms with van der Waals surface area (Å²) in [5, 5.41) is 0. The Bertz CT molecular complexity index is 1040. The van der Waals surface area contributed by atoms with E-state index in [-0.39, 0.29) is 0 Å². The van der Waals surface area contributed by atoms with Crippen molar-refractivity contribution in [3.63, 3.8) is 0 Å². The molecule has 2 saturated heterocycles. The van der Waals surface area contributed by atoms with Crippen LogP contribution in [-0.4, -0.2) is 38.6 Å². The first-order valence-corrected chi connectivity index (χ1v) is 17.9. The summed E-state index contributed by atoms with van der Waals surface area (Å²) in [6.45, 7) is 26.3. The highest BCUT2D eigenvalue weighted by atomic mass is 16.6. The van der Waals surface area contributed by atoms with E-state index in [0.29, 0.717) is 47.7 Å². The van der Waals surface area contributed by atoms with Gasteiger partial charge in [-0.2, -0.15) is 0 Å². The van der Waals surface area contributed by atoms with Gasteiger partial charge in [0.1, 0.15) is 11.5 Å². The van der Waals surface area contributed by atoms with Crippen LogP contribution in [0, 0.1) is 11.8 Å². The van der Waals surface area contributed by atoms with Gasteiger partial charge in [-0.25, -0.2) is 0 Å². The van der Waals surface area contributed by atoms with Gasteiger partial charge in [0, 0.05) is 0 Å². The van der Waals surface area contributed by atoms with Crippen LogP contribution in [-0.2, 0) is 9.47 Å². The molecule has 0 aliphatic carbocycles. The van der Waals surface area contributed by atoms with Gasteiger partial charge in [-0.1, -0.05) is 82.1 Å². The second-order valence-electron chi connectivity index (χ2n) is 14.6. The predicted octanol–water partition coefficient (Wildman–Crippen LogP) is 11.0. The van der Waals surface area contributed by atoms with Gasteiger partial charge in [0.25, 0.3) is 0 Å². The molecule has 0 N–H and O–H groups in total. The molecule has 0 spiro atoms. The van der Waals surface area contributed by atoms with Gasteiger partial charge < -0.3 is 18.9 Å². The van der Waals surface area contributed by atoms with Crippen molar-refractivity contribution in [2.24, 2.45) is 11.8 Å². The van der Waals surface area contributed by atoms with Crippen molar-refractivity contribution in [1.82, 2.24) is 0 Å². The lowest BCUT2D eigenvalue weighted by molar-refractivity contribution is 0.259. The van der Waals surface area contributed by atoms with E-state index < -0.39 is 0 Å². The van der Waals surface area contributed by atoms with Crippen molar-refractivity contribution in [2.45, 2.75) is 144 Å². The van der Waals surface area contributed by atoms with Gasteiger partial charge in [-0.05, 0) is 119 Å². The summed E-state index contributed by atoms with van der Waals surface area (Å²) in [6.07, 6.45) is 7.82. The molecule has 4 nitrogen and oxygen atoms in total. The molecule has 246 valence electrons. The molecule has 44 heavy (non-hydrogen) atoms. The molecular weight excluding hydrogens is 544 g/mol. The molecule has 0 amide bonds. The third kappa shape index (κ3) is 9.03. The van der Waals surface area contributed by atoms with Crippen LogP contribution in [0.5, 0.6) is 11.5 Å². The SMILES string of the molecule is CCC(CCCOc1c(C(C)C)cc(-c2cc(C(C)C)c(OCCCC(CC)C3CO3)c(C(C)C)c2)cc1C(C)C)C1CO1. The zero-order chi connectivity index (χ0) is 32.0. The Balaban J connectivity index is 1.60. The number of rotatable bonds is 19. The van der Waals surface area contributed by atoms with Crippen LogP contribution >= 0.6 is 0 Å². The fourth-order valence-corrected chi connectivity index (χ4v) is 6.73. The second-order valence-corrected chi connectivity index (χ2v) is 14.6. The predicted molar refractivity (Wildman–Crippen MR) is 185 cm³/mol. The maximum atomic E-state index is 6.65. The van der Waals surface area contributed by atoms with Crippen molar-refractivity contribution in [2.75, 3.05) is 26.4 Å². The molecule has 2 aliphatic heterocycles. The van der Waals surface area contributed by atoms with E-state index in [9.17, 15) is 0 Å². The molecular formula is C40H62O4. The summed E-state index contributed by atoms with van der Waals surface area (Å²) in [4.78, 5) is 0. The fraction of sp³-hybridized carbons (Fsp3) is 0.700. The highest BCUT2D eigenvalue weighted by Gasteiger charge is 2.32. The summed E-state index contributed by atoms with van der Waals surface area (Å²) in [7, 11) is 0. The minimum atomic E-state index is 0.371. The maximum absolute atomic E-state index is 6.65. The van der Waals surface area contributed by atoms with Crippen LogP contribution < -0.4 is 9.47 Å². The third-order valence-corrected chi connectivity index (χ3v) is 9.86. The molecule has 2 fully saturated rings. The van der Waals surface area contributed by atoms with Crippen LogP contribution in [0.3, 0.4) is 0 Å². The Morgan fingerprint density at radius 1 is 0.568 bits per heavy atom.